The Balaban J connectivity index is 1.83. The zero-order valence-electron chi connectivity index (χ0n) is 9.78. The van der Waals surface area contributed by atoms with E-state index in [0.717, 1.165) is 0 Å². The SMILES string of the molecule is O=S1(=O)NC(=NCCc2ncon2)c2ccccc21. The summed E-state index contributed by atoms with van der Waals surface area (Å²) in [5.74, 6) is 0.901. The first-order valence-corrected chi connectivity index (χ1v) is 7.07. The number of fused-ring (bicyclic) bond motifs is 1. The number of rotatable bonds is 3. The molecule has 0 bridgehead atoms. The lowest BCUT2D eigenvalue weighted by Gasteiger charge is -1.97. The molecule has 98 valence electrons. The molecule has 0 saturated carbocycles. The number of nitrogens with one attached hydrogen (secondary N) is 1. The summed E-state index contributed by atoms with van der Waals surface area (Å²) in [6, 6.07) is 6.73. The summed E-state index contributed by atoms with van der Waals surface area (Å²) in [5.41, 5.74) is 0.593. The quantitative estimate of drug-likeness (QED) is 0.873. The molecule has 8 heteroatoms. The van der Waals surface area contributed by atoms with Crippen molar-refractivity contribution >= 4 is 15.9 Å². The highest BCUT2D eigenvalue weighted by Crippen LogP contribution is 2.21. The molecule has 19 heavy (non-hydrogen) atoms. The molecule has 0 saturated heterocycles. The van der Waals surface area contributed by atoms with Gasteiger partial charge in [-0.2, -0.15) is 4.98 Å². The van der Waals surface area contributed by atoms with Crippen LogP contribution >= 0.6 is 0 Å². The van der Waals surface area contributed by atoms with E-state index in [9.17, 15) is 8.42 Å². The highest BCUT2D eigenvalue weighted by Gasteiger charge is 2.29. The molecule has 0 spiro atoms. The van der Waals surface area contributed by atoms with Gasteiger partial charge < -0.3 is 4.52 Å². The van der Waals surface area contributed by atoms with E-state index < -0.39 is 10.0 Å². The molecular weight excluding hydrogens is 268 g/mol. The lowest BCUT2D eigenvalue weighted by atomic mass is 10.2. The Morgan fingerprint density at radius 1 is 1.32 bits per heavy atom. The van der Waals surface area contributed by atoms with Crippen LogP contribution in [-0.4, -0.2) is 30.9 Å². The van der Waals surface area contributed by atoms with E-state index in [-0.39, 0.29) is 4.90 Å². The van der Waals surface area contributed by atoms with Gasteiger partial charge in [0.1, 0.15) is 5.84 Å². The molecule has 2 heterocycles. The Hall–Kier alpha value is -2.22. The first kappa shape index (κ1) is 11.8. The lowest BCUT2D eigenvalue weighted by molar-refractivity contribution is 0.410. The number of benzene rings is 1. The Morgan fingerprint density at radius 2 is 2.16 bits per heavy atom. The standard InChI is InChI=1S/C11H10N4O3S/c16-19(17)9-4-2-1-3-8(9)11(15-19)12-6-5-10-13-7-18-14-10/h1-4,7H,5-6H2,(H,12,15). The molecule has 0 radical (unpaired) electrons. The predicted octanol–water partition coefficient (Wildman–Crippen LogP) is 0.351. The van der Waals surface area contributed by atoms with Gasteiger partial charge in [-0.1, -0.05) is 17.3 Å². The Kier molecular flexibility index (Phi) is 2.79. The molecule has 2 aromatic rings. The van der Waals surface area contributed by atoms with Gasteiger partial charge in [-0.25, -0.2) is 8.42 Å². The van der Waals surface area contributed by atoms with E-state index >= 15 is 0 Å². The lowest BCUT2D eigenvalue weighted by Crippen LogP contribution is -2.22. The fraction of sp³-hybridized carbons (Fsp3) is 0.182. The number of aliphatic imine (C=N–C) groups is 1. The molecule has 0 fully saturated rings. The second-order valence-electron chi connectivity index (χ2n) is 3.93. The van der Waals surface area contributed by atoms with E-state index in [1.54, 1.807) is 24.3 Å². The monoisotopic (exact) mass is 278 g/mol. The van der Waals surface area contributed by atoms with Gasteiger partial charge >= 0.3 is 0 Å². The fourth-order valence-corrected chi connectivity index (χ4v) is 3.07. The highest BCUT2D eigenvalue weighted by atomic mass is 32.2. The first-order valence-electron chi connectivity index (χ1n) is 5.59. The summed E-state index contributed by atoms with van der Waals surface area (Å²) >= 11 is 0. The minimum Gasteiger partial charge on any atom is -0.343 e. The van der Waals surface area contributed by atoms with Crippen LogP contribution in [0, 0.1) is 0 Å². The summed E-state index contributed by atoms with van der Waals surface area (Å²) in [4.78, 5) is 8.37. The highest BCUT2D eigenvalue weighted by molar-refractivity contribution is 7.90. The van der Waals surface area contributed by atoms with E-state index in [1.165, 1.54) is 6.39 Å². The molecule has 1 aliphatic rings. The van der Waals surface area contributed by atoms with Crippen LogP contribution in [-0.2, 0) is 16.4 Å². The van der Waals surface area contributed by atoms with Crippen LogP contribution in [0.5, 0.6) is 0 Å². The zero-order chi connectivity index (χ0) is 13.3. The molecule has 0 unspecified atom stereocenters. The van der Waals surface area contributed by atoms with Crippen molar-refractivity contribution in [3.63, 3.8) is 0 Å². The van der Waals surface area contributed by atoms with Crippen molar-refractivity contribution in [2.45, 2.75) is 11.3 Å². The number of aromatic nitrogens is 2. The van der Waals surface area contributed by atoms with Gasteiger partial charge in [-0.15, -0.1) is 0 Å². The molecule has 1 aromatic carbocycles. The number of sulfonamides is 1. The Morgan fingerprint density at radius 3 is 2.95 bits per heavy atom. The van der Waals surface area contributed by atoms with E-state index in [4.69, 9.17) is 0 Å². The topological polar surface area (TPSA) is 97.5 Å². The minimum absolute atomic E-state index is 0.258. The zero-order valence-corrected chi connectivity index (χ0v) is 10.6. The molecule has 0 aliphatic carbocycles. The van der Waals surface area contributed by atoms with Crippen molar-refractivity contribution in [3.8, 4) is 0 Å². The van der Waals surface area contributed by atoms with E-state index in [0.29, 0.717) is 30.2 Å². The summed E-state index contributed by atoms with van der Waals surface area (Å²) in [6.07, 6.45) is 1.74. The molecule has 1 N–H and O–H groups in total. The molecular formula is C11H10N4O3S. The number of hydrogen-bond donors (Lipinski definition) is 1. The van der Waals surface area contributed by atoms with Crippen LogP contribution < -0.4 is 4.72 Å². The number of amidine groups is 1. The average molecular weight is 278 g/mol. The van der Waals surface area contributed by atoms with Crippen molar-refractivity contribution < 1.29 is 12.9 Å². The van der Waals surface area contributed by atoms with Crippen molar-refractivity contribution in [1.82, 2.24) is 14.9 Å². The molecule has 0 atom stereocenters. The third-order valence-electron chi connectivity index (χ3n) is 2.68. The summed E-state index contributed by atoms with van der Waals surface area (Å²) in [6.45, 7) is 0.381. The summed E-state index contributed by atoms with van der Waals surface area (Å²) in [5, 5.41) is 3.66. The maximum Gasteiger partial charge on any atom is 0.263 e. The van der Waals surface area contributed by atoms with Crippen LogP contribution in [0.15, 0.2) is 45.1 Å². The number of nitrogens with zero attached hydrogens (tertiary/aromatic N) is 3. The van der Waals surface area contributed by atoms with Gasteiger partial charge in [-0.3, -0.25) is 9.71 Å². The van der Waals surface area contributed by atoms with E-state index in [1.807, 2.05) is 0 Å². The molecule has 1 aromatic heterocycles. The smallest absolute Gasteiger partial charge is 0.263 e. The molecule has 7 nitrogen and oxygen atoms in total. The summed E-state index contributed by atoms with van der Waals surface area (Å²) < 4.78 is 30.7. The van der Waals surface area contributed by atoms with Crippen LogP contribution in [0.25, 0.3) is 0 Å². The molecule has 3 rings (SSSR count). The Bertz CT molecular complexity index is 722. The third-order valence-corrected chi connectivity index (χ3v) is 4.07. The first-order chi connectivity index (χ1) is 9.17. The van der Waals surface area contributed by atoms with Crippen LogP contribution in [0.4, 0.5) is 0 Å². The largest absolute Gasteiger partial charge is 0.343 e. The van der Waals surface area contributed by atoms with Crippen LogP contribution in [0.1, 0.15) is 11.4 Å². The fourth-order valence-electron chi connectivity index (χ4n) is 1.82. The van der Waals surface area contributed by atoms with Crippen molar-refractivity contribution in [1.29, 1.82) is 0 Å². The molecule has 1 aliphatic heterocycles. The van der Waals surface area contributed by atoms with Crippen LogP contribution in [0.2, 0.25) is 0 Å². The van der Waals surface area contributed by atoms with Crippen molar-refractivity contribution in [3.05, 3.63) is 42.0 Å². The van der Waals surface area contributed by atoms with Gasteiger partial charge in [0.25, 0.3) is 10.0 Å². The minimum atomic E-state index is -3.47. The maximum absolute atomic E-state index is 11.8. The number of hydrogen-bond acceptors (Lipinski definition) is 6. The van der Waals surface area contributed by atoms with Gasteiger partial charge in [0.15, 0.2) is 5.82 Å². The van der Waals surface area contributed by atoms with Crippen molar-refractivity contribution in [2.75, 3.05) is 6.54 Å². The second kappa shape index (κ2) is 4.47. The van der Waals surface area contributed by atoms with Crippen molar-refractivity contribution in [2.24, 2.45) is 4.99 Å². The van der Waals surface area contributed by atoms with Gasteiger partial charge in [0, 0.05) is 18.5 Å². The predicted molar refractivity (Wildman–Crippen MR) is 66.2 cm³/mol. The third kappa shape index (κ3) is 2.22. The maximum atomic E-state index is 11.8. The van der Waals surface area contributed by atoms with Gasteiger partial charge in [0.2, 0.25) is 6.39 Å². The summed E-state index contributed by atoms with van der Waals surface area (Å²) in [7, 11) is -3.47. The van der Waals surface area contributed by atoms with Gasteiger partial charge in [0.05, 0.1) is 4.90 Å². The Labute approximate surface area is 109 Å². The second-order valence-corrected chi connectivity index (χ2v) is 5.58. The normalized spacial score (nSPS) is 18.2. The van der Waals surface area contributed by atoms with Crippen LogP contribution in [0.3, 0.4) is 0 Å². The van der Waals surface area contributed by atoms with Gasteiger partial charge in [-0.05, 0) is 12.1 Å². The van der Waals surface area contributed by atoms with E-state index in [2.05, 4.69) is 24.4 Å². The molecule has 0 amide bonds. The average Bonchev–Trinajstić information content (AvgIpc) is 2.98.